The van der Waals surface area contributed by atoms with Crippen molar-refractivity contribution in [1.29, 1.82) is 0 Å². The Balaban J connectivity index is 2.55. The van der Waals surface area contributed by atoms with Crippen LogP contribution in [0.5, 0.6) is 5.75 Å². The second-order valence-corrected chi connectivity index (χ2v) is 4.64. The molecule has 18 heavy (non-hydrogen) atoms. The molecule has 1 unspecified atom stereocenters. The average molecular weight is 253 g/mol. The third-order valence-corrected chi connectivity index (χ3v) is 2.84. The number of rotatable bonds is 8. The lowest BCUT2D eigenvalue weighted by Gasteiger charge is -2.19. The normalized spacial score (nSPS) is 12.4. The van der Waals surface area contributed by atoms with E-state index in [2.05, 4.69) is 19.2 Å². The highest BCUT2D eigenvalue weighted by Crippen LogP contribution is 2.18. The molecule has 0 bridgehead atoms. The fourth-order valence-corrected chi connectivity index (χ4v) is 1.85. The minimum atomic E-state index is -0.182. The Morgan fingerprint density at radius 2 is 2.06 bits per heavy atom. The first-order chi connectivity index (χ1) is 8.67. The van der Waals surface area contributed by atoms with Crippen LogP contribution in [0.4, 0.5) is 4.39 Å². The van der Waals surface area contributed by atoms with Crippen molar-refractivity contribution >= 4 is 0 Å². The highest BCUT2D eigenvalue weighted by atomic mass is 19.1. The summed E-state index contributed by atoms with van der Waals surface area (Å²) < 4.78 is 19.1. The molecule has 0 aromatic heterocycles. The van der Waals surface area contributed by atoms with Gasteiger partial charge in [0.05, 0.1) is 0 Å². The molecule has 0 saturated carbocycles. The van der Waals surface area contributed by atoms with Crippen molar-refractivity contribution in [1.82, 2.24) is 5.32 Å². The Hall–Kier alpha value is -1.09. The zero-order valence-corrected chi connectivity index (χ0v) is 11.6. The molecule has 0 amide bonds. The summed E-state index contributed by atoms with van der Waals surface area (Å²) in [7, 11) is 0. The summed E-state index contributed by atoms with van der Waals surface area (Å²) in [5.74, 6) is 0.573. The molecule has 1 atom stereocenters. The quantitative estimate of drug-likeness (QED) is 0.714. The van der Waals surface area contributed by atoms with Crippen molar-refractivity contribution in [3.63, 3.8) is 0 Å². The van der Waals surface area contributed by atoms with Gasteiger partial charge >= 0.3 is 0 Å². The molecule has 0 heterocycles. The van der Waals surface area contributed by atoms with Gasteiger partial charge in [0.15, 0.2) is 0 Å². The lowest BCUT2D eigenvalue weighted by atomic mass is 10.2. The number of hydrogen-bond acceptors (Lipinski definition) is 2. The zero-order chi connectivity index (χ0) is 13.4. The fourth-order valence-electron chi connectivity index (χ4n) is 1.85. The van der Waals surface area contributed by atoms with Gasteiger partial charge in [0.25, 0.3) is 0 Å². The number of halogens is 1. The number of ether oxygens (including phenoxy) is 1. The van der Waals surface area contributed by atoms with Gasteiger partial charge in [0.1, 0.15) is 17.7 Å². The molecule has 102 valence electrons. The summed E-state index contributed by atoms with van der Waals surface area (Å²) in [6, 6.07) is 4.93. The Labute approximate surface area is 110 Å². The summed E-state index contributed by atoms with van der Waals surface area (Å²) in [5, 5.41) is 3.37. The van der Waals surface area contributed by atoms with E-state index in [0.29, 0.717) is 5.56 Å². The van der Waals surface area contributed by atoms with E-state index in [4.69, 9.17) is 4.74 Å². The van der Waals surface area contributed by atoms with E-state index >= 15 is 0 Å². The minimum Gasteiger partial charge on any atom is -0.489 e. The van der Waals surface area contributed by atoms with Crippen molar-refractivity contribution in [3.05, 3.63) is 29.6 Å². The minimum absolute atomic E-state index is 0.159. The molecule has 0 saturated heterocycles. The molecule has 1 aromatic carbocycles. The van der Waals surface area contributed by atoms with Crippen molar-refractivity contribution in [2.75, 3.05) is 13.1 Å². The molecule has 0 aliphatic carbocycles. The summed E-state index contributed by atoms with van der Waals surface area (Å²) in [5.41, 5.74) is 0.629. The van der Waals surface area contributed by atoms with Crippen LogP contribution in [0, 0.1) is 12.7 Å². The van der Waals surface area contributed by atoms with Gasteiger partial charge in [0.2, 0.25) is 0 Å². The van der Waals surface area contributed by atoms with Gasteiger partial charge in [0, 0.05) is 6.54 Å². The molecule has 1 rings (SSSR count). The van der Waals surface area contributed by atoms with Crippen LogP contribution >= 0.6 is 0 Å². The summed E-state index contributed by atoms with van der Waals surface area (Å²) >= 11 is 0. The largest absolute Gasteiger partial charge is 0.489 e. The van der Waals surface area contributed by atoms with Crippen molar-refractivity contribution in [2.24, 2.45) is 0 Å². The predicted octanol–water partition coefficient (Wildman–Crippen LogP) is 3.68. The average Bonchev–Trinajstić information content (AvgIpc) is 2.34. The highest BCUT2D eigenvalue weighted by Gasteiger charge is 2.10. The Morgan fingerprint density at radius 3 is 2.67 bits per heavy atom. The van der Waals surface area contributed by atoms with Gasteiger partial charge in [-0.2, -0.15) is 0 Å². The Bertz CT molecular complexity index is 354. The van der Waals surface area contributed by atoms with E-state index in [1.807, 2.05) is 0 Å². The molecular formula is C15H24FNO. The maximum atomic E-state index is 13.2. The zero-order valence-electron chi connectivity index (χ0n) is 11.6. The van der Waals surface area contributed by atoms with E-state index in [-0.39, 0.29) is 11.9 Å². The first-order valence-electron chi connectivity index (χ1n) is 6.80. The van der Waals surface area contributed by atoms with Gasteiger partial charge < -0.3 is 10.1 Å². The first-order valence-corrected chi connectivity index (χ1v) is 6.80. The third-order valence-electron chi connectivity index (χ3n) is 2.84. The number of benzene rings is 1. The van der Waals surface area contributed by atoms with Crippen molar-refractivity contribution in [2.45, 2.75) is 46.1 Å². The lowest BCUT2D eigenvalue weighted by molar-refractivity contribution is 0.186. The fraction of sp³-hybridized carbons (Fsp3) is 0.600. The van der Waals surface area contributed by atoms with Gasteiger partial charge in [-0.1, -0.05) is 20.3 Å². The topological polar surface area (TPSA) is 21.3 Å². The van der Waals surface area contributed by atoms with Crippen LogP contribution in [0.2, 0.25) is 0 Å². The Morgan fingerprint density at radius 1 is 1.28 bits per heavy atom. The maximum Gasteiger partial charge on any atom is 0.126 e. The van der Waals surface area contributed by atoms with E-state index in [1.54, 1.807) is 19.1 Å². The third kappa shape index (κ3) is 5.05. The van der Waals surface area contributed by atoms with Crippen LogP contribution in [-0.2, 0) is 0 Å². The van der Waals surface area contributed by atoms with Crippen molar-refractivity contribution in [3.8, 4) is 5.75 Å². The van der Waals surface area contributed by atoms with Gasteiger partial charge in [-0.15, -0.1) is 0 Å². The van der Waals surface area contributed by atoms with E-state index < -0.39 is 0 Å². The summed E-state index contributed by atoms with van der Waals surface area (Å²) in [6.07, 6.45) is 3.37. The SMILES string of the molecule is CCCNCC(CCC)Oc1ccc(F)c(C)c1. The van der Waals surface area contributed by atoms with E-state index in [1.165, 1.54) is 6.07 Å². The predicted molar refractivity (Wildman–Crippen MR) is 73.6 cm³/mol. The second-order valence-electron chi connectivity index (χ2n) is 4.64. The molecular weight excluding hydrogens is 229 g/mol. The molecule has 0 aliphatic heterocycles. The molecule has 1 N–H and O–H groups in total. The smallest absolute Gasteiger partial charge is 0.126 e. The molecule has 0 aliphatic rings. The van der Waals surface area contributed by atoms with Gasteiger partial charge in [-0.05, 0) is 50.1 Å². The molecule has 0 spiro atoms. The van der Waals surface area contributed by atoms with Crippen LogP contribution < -0.4 is 10.1 Å². The summed E-state index contributed by atoms with van der Waals surface area (Å²) in [6.45, 7) is 7.90. The molecule has 0 fully saturated rings. The van der Waals surface area contributed by atoms with Crippen LogP contribution in [0.1, 0.15) is 38.7 Å². The van der Waals surface area contributed by atoms with Crippen LogP contribution in [0.15, 0.2) is 18.2 Å². The second kappa shape index (κ2) is 8.09. The molecule has 2 nitrogen and oxygen atoms in total. The Kier molecular flexibility index (Phi) is 6.73. The van der Waals surface area contributed by atoms with Crippen LogP contribution in [0.25, 0.3) is 0 Å². The van der Waals surface area contributed by atoms with Crippen molar-refractivity contribution < 1.29 is 9.13 Å². The summed E-state index contributed by atoms with van der Waals surface area (Å²) in [4.78, 5) is 0. The highest BCUT2D eigenvalue weighted by molar-refractivity contribution is 5.29. The first kappa shape index (κ1) is 15.0. The number of nitrogens with one attached hydrogen (secondary N) is 1. The molecule has 3 heteroatoms. The van der Waals surface area contributed by atoms with E-state index in [9.17, 15) is 4.39 Å². The van der Waals surface area contributed by atoms with Gasteiger partial charge in [-0.25, -0.2) is 4.39 Å². The monoisotopic (exact) mass is 253 g/mol. The molecule has 1 aromatic rings. The van der Waals surface area contributed by atoms with Crippen LogP contribution in [0.3, 0.4) is 0 Å². The van der Waals surface area contributed by atoms with E-state index in [0.717, 1.165) is 38.1 Å². The van der Waals surface area contributed by atoms with Crippen LogP contribution in [-0.4, -0.2) is 19.2 Å². The lowest BCUT2D eigenvalue weighted by Crippen LogP contribution is -2.31. The maximum absolute atomic E-state index is 13.2. The van der Waals surface area contributed by atoms with Gasteiger partial charge in [-0.3, -0.25) is 0 Å². The number of aryl methyl sites for hydroxylation is 1. The standard InChI is InChI=1S/C15H24FNO/c1-4-6-14(11-17-9-5-2)18-13-7-8-15(16)12(3)10-13/h7-8,10,14,17H,4-6,9,11H2,1-3H3. The molecule has 0 radical (unpaired) electrons. The number of hydrogen-bond donors (Lipinski definition) is 1.